The lowest BCUT2D eigenvalue weighted by atomic mass is 10.1. The van der Waals surface area contributed by atoms with Gasteiger partial charge in [-0.1, -0.05) is 12.1 Å². The van der Waals surface area contributed by atoms with Gasteiger partial charge in [0, 0.05) is 18.0 Å². The Morgan fingerprint density at radius 3 is 2.60 bits per heavy atom. The molecule has 1 aromatic heterocycles. The van der Waals surface area contributed by atoms with Crippen molar-refractivity contribution < 1.29 is 9.90 Å². The molecular formula is C11H9NO2S. The molecule has 76 valence electrons. The number of rotatable bonds is 3. The Morgan fingerprint density at radius 1 is 1.33 bits per heavy atom. The molecule has 1 heterocycles. The number of benzene rings is 1. The van der Waals surface area contributed by atoms with Gasteiger partial charge in [0.15, 0.2) is 0 Å². The normalized spacial score (nSPS) is 10.1. The van der Waals surface area contributed by atoms with Crippen molar-refractivity contribution in [1.29, 1.82) is 0 Å². The molecule has 0 atom stereocenters. The molecule has 0 bridgehead atoms. The molecule has 2 rings (SSSR count). The molecule has 0 radical (unpaired) electrons. The third kappa shape index (κ3) is 2.41. The van der Waals surface area contributed by atoms with Gasteiger partial charge in [-0.2, -0.15) is 0 Å². The van der Waals surface area contributed by atoms with E-state index >= 15 is 0 Å². The van der Waals surface area contributed by atoms with Gasteiger partial charge in [0.2, 0.25) is 0 Å². The van der Waals surface area contributed by atoms with Crippen molar-refractivity contribution in [3.63, 3.8) is 0 Å². The van der Waals surface area contributed by atoms with E-state index in [9.17, 15) is 4.79 Å². The fourth-order valence-electron chi connectivity index (χ4n) is 1.28. The van der Waals surface area contributed by atoms with Gasteiger partial charge in [-0.25, -0.2) is 9.78 Å². The van der Waals surface area contributed by atoms with Crippen LogP contribution in [0.1, 0.15) is 20.9 Å². The first-order chi connectivity index (χ1) is 7.25. The van der Waals surface area contributed by atoms with E-state index in [4.69, 9.17) is 5.11 Å². The van der Waals surface area contributed by atoms with E-state index in [1.807, 2.05) is 17.5 Å². The maximum absolute atomic E-state index is 10.6. The van der Waals surface area contributed by atoms with Gasteiger partial charge in [0.1, 0.15) is 0 Å². The van der Waals surface area contributed by atoms with Gasteiger partial charge in [0.25, 0.3) is 0 Å². The summed E-state index contributed by atoms with van der Waals surface area (Å²) in [5.74, 6) is -0.893. The van der Waals surface area contributed by atoms with Crippen molar-refractivity contribution in [3.05, 3.63) is 52.0 Å². The smallest absolute Gasteiger partial charge is 0.335 e. The second kappa shape index (κ2) is 4.23. The molecule has 3 nitrogen and oxygen atoms in total. The zero-order chi connectivity index (χ0) is 10.7. The lowest BCUT2D eigenvalue weighted by Gasteiger charge is -1.98. The maximum atomic E-state index is 10.6. The quantitative estimate of drug-likeness (QED) is 0.862. The van der Waals surface area contributed by atoms with Crippen LogP contribution >= 0.6 is 11.3 Å². The highest BCUT2D eigenvalue weighted by molar-refractivity contribution is 7.09. The summed E-state index contributed by atoms with van der Waals surface area (Å²) >= 11 is 1.60. The molecule has 0 fully saturated rings. The van der Waals surface area contributed by atoms with Gasteiger partial charge in [0.05, 0.1) is 10.6 Å². The second-order valence-corrected chi connectivity index (χ2v) is 4.08. The zero-order valence-corrected chi connectivity index (χ0v) is 8.70. The van der Waals surface area contributed by atoms with Crippen LogP contribution in [0.3, 0.4) is 0 Å². The number of aromatic carboxylic acids is 1. The van der Waals surface area contributed by atoms with Crippen LogP contribution in [0.5, 0.6) is 0 Å². The summed E-state index contributed by atoms with van der Waals surface area (Å²) in [5.41, 5.74) is 1.40. The van der Waals surface area contributed by atoms with Crippen LogP contribution in [0.25, 0.3) is 0 Å². The molecule has 0 unspecified atom stereocenters. The van der Waals surface area contributed by atoms with Crippen LogP contribution in [0, 0.1) is 0 Å². The van der Waals surface area contributed by atoms with Gasteiger partial charge in [-0.3, -0.25) is 0 Å². The SMILES string of the molecule is O=C(O)c1ccc(Cc2nccs2)cc1. The fourth-order valence-corrected chi connectivity index (χ4v) is 1.93. The highest BCUT2D eigenvalue weighted by Crippen LogP contribution is 2.12. The van der Waals surface area contributed by atoms with Gasteiger partial charge in [-0.05, 0) is 17.7 Å². The van der Waals surface area contributed by atoms with Crippen LogP contribution in [-0.2, 0) is 6.42 Å². The summed E-state index contributed by atoms with van der Waals surface area (Å²) in [6.45, 7) is 0. The van der Waals surface area contributed by atoms with E-state index in [-0.39, 0.29) is 0 Å². The predicted octanol–water partition coefficient (Wildman–Crippen LogP) is 2.43. The van der Waals surface area contributed by atoms with E-state index in [2.05, 4.69) is 4.98 Å². The Morgan fingerprint density at radius 2 is 2.07 bits per heavy atom. The molecule has 0 saturated carbocycles. The fraction of sp³-hybridized carbons (Fsp3) is 0.0909. The first kappa shape index (κ1) is 9.86. The van der Waals surface area contributed by atoms with E-state index in [1.54, 1.807) is 29.7 Å². The molecule has 1 N–H and O–H groups in total. The topological polar surface area (TPSA) is 50.2 Å². The van der Waals surface area contributed by atoms with Crippen molar-refractivity contribution in [2.75, 3.05) is 0 Å². The highest BCUT2D eigenvalue weighted by atomic mass is 32.1. The van der Waals surface area contributed by atoms with Crippen molar-refractivity contribution in [1.82, 2.24) is 4.98 Å². The first-order valence-corrected chi connectivity index (χ1v) is 5.34. The Kier molecular flexibility index (Phi) is 2.78. The first-order valence-electron chi connectivity index (χ1n) is 4.46. The highest BCUT2D eigenvalue weighted by Gasteiger charge is 2.02. The number of hydrogen-bond donors (Lipinski definition) is 1. The lowest BCUT2D eigenvalue weighted by molar-refractivity contribution is 0.0697. The monoisotopic (exact) mass is 219 g/mol. The standard InChI is InChI=1S/C11H9NO2S/c13-11(14)9-3-1-8(2-4-9)7-10-12-5-6-15-10/h1-6H,7H2,(H,13,14). The van der Waals surface area contributed by atoms with Gasteiger partial charge < -0.3 is 5.11 Å². The van der Waals surface area contributed by atoms with Crippen LogP contribution in [0.4, 0.5) is 0 Å². The Balaban J connectivity index is 2.14. The summed E-state index contributed by atoms with van der Waals surface area (Å²) < 4.78 is 0. The number of carboxylic acid groups (broad SMARTS) is 1. The van der Waals surface area contributed by atoms with Crippen LogP contribution in [0.15, 0.2) is 35.8 Å². The van der Waals surface area contributed by atoms with Crippen molar-refractivity contribution in [2.24, 2.45) is 0 Å². The summed E-state index contributed by atoms with van der Waals surface area (Å²) in [6, 6.07) is 6.88. The summed E-state index contributed by atoms with van der Waals surface area (Å²) in [5, 5.41) is 11.7. The molecule has 0 aliphatic heterocycles. The molecule has 0 amide bonds. The van der Waals surface area contributed by atoms with Crippen LogP contribution < -0.4 is 0 Å². The second-order valence-electron chi connectivity index (χ2n) is 3.10. The average Bonchev–Trinajstić information content (AvgIpc) is 2.71. The van der Waals surface area contributed by atoms with E-state index in [1.165, 1.54) is 0 Å². The minimum atomic E-state index is -0.893. The Hall–Kier alpha value is -1.68. The third-order valence-corrected chi connectivity index (χ3v) is 2.82. The van der Waals surface area contributed by atoms with Crippen molar-refractivity contribution >= 4 is 17.3 Å². The molecule has 0 spiro atoms. The lowest BCUT2D eigenvalue weighted by Crippen LogP contribution is -1.96. The molecule has 0 aliphatic carbocycles. The predicted molar refractivity (Wildman–Crippen MR) is 58.3 cm³/mol. The van der Waals surface area contributed by atoms with E-state index in [0.29, 0.717) is 5.56 Å². The largest absolute Gasteiger partial charge is 0.478 e. The number of carboxylic acids is 1. The Labute approximate surface area is 91.0 Å². The number of thiazole rings is 1. The minimum Gasteiger partial charge on any atom is -0.478 e. The Bertz CT molecular complexity index is 448. The minimum absolute atomic E-state index is 0.317. The average molecular weight is 219 g/mol. The molecule has 1 aromatic carbocycles. The number of aromatic nitrogens is 1. The molecule has 15 heavy (non-hydrogen) atoms. The van der Waals surface area contributed by atoms with Crippen LogP contribution in [-0.4, -0.2) is 16.1 Å². The molecule has 4 heteroatoms. The number of carbonyl (C=O) groups is 1. The van der Waals surface area contributed by atoms with Crippen molar-refractivity contribution in [3.8, 4) is 0 Å². The summed E-state index contributed by atoms with van der Waals surface area (Å²) in [4.78, 5) is 14.8. The molecule has 2 aromatic rings. The zero-order valence-electron chi connectivity index (χ0n) is 7.88. The number of nitrogens with zero attached hydrogens (tertiary/aromatic N) is 1. The summed E-state index contributed by atoms with van der Waals surface area (Å²) in [6.07, 6.45) is 2.53. The van der Waals surface area contributed by atoms with Crippen LogP contribution in [0.2, 0.25) is 0 Å². The maximum Gasteiger partial charge on any atom is 0.335 e. The third-order valence-electron chi connectivity index (χ3n) is 2.04. The molecule has 0 aliphatic rings. The summed E-state index contributed by atoms with van der Waals surface area (Å²) in [7, 11) is 0. The van der Waals surface area contributed by atoms with E-state index < -0.39 is 5.97 Å². The van der Waals surface area contributed by atoms with E-state index in [0.717, 1.165) is 17.0 Å². The molecular weight excluding hydrogens is 210 g/mol. The van der Waals surface area contributed by atoms with Crippen molar-refractivity contribution in [2.45, 2.75) is 6.42 Å². The molecule has 0 saturated heterocycles. The van der Waals surface area contributed by atoms with Gasteiger partial charge >= 0.3 is 5.97 Å². The van der Waals surface area contributed by atoms with Gasteiger partial charge in [-0.15, -0.1) is 11.3 Å². The number of hydrogen-bond acceptors (Lipinski definition) is 3.